The number of rotatable bonds is 7. The Kier molecular flexibility index (Phi) is 6.59. The van der Waals surface area contributed by atoms with Gasteiger partial charge in [-0.15, -0.1) is 0 Å². The Morgan fingerprint density at radius 1 is 1.38 bits per heavy atom. The molecule has 0 fully saturated rings. The van der Waals surface area contributed by atoms with Gasteiger partial charge in [-0.3, -0.25) is 4.79 Å². The molecule has 0 unspecified atom stereocenters. The van der Waals surface area contributed by atoms with Crippen LogP contribution in [0.5, 0.6) is 0 Å². The molecule has 0 saturated heterocycles. The van der Waals surface area contributed by atoms with Crippen LogP contribution >= 0.6 is 11.8 Å². The molecule has 6 heteroatoms. The van der Waals surface area contributed by atoms with E-state index in [0.717, 1.165) is 37.1 Å². The fraction of sp³-hybridized carbons (Fsp3) is 0.389. The van der Waals surface area contributed by atoms with E-state index in [1.807, 2.05) is 36.6 Å². The summed E-state index contributed by atoms with van der Waals surface area (Å²) in [6.07, 6.45) is 4.14. The molecular formula is C18H22N4OS. The number of benzene rings is 1. The van der Waals surface area contributed by atoms with Crippen molar-refractivity contribution < 1.29 is 0 Å². The van der Waals surface area contributed by atoms with E-state index < -0.39 is 0 Å². The zero-order chi connectivity index (χ0) is 17.5. The summed E-state index contributed by atoms with van der Waals surface area (Å²) in [7, 11) is 2.08. The van der Waals surface area contributed by atoms with Gasteiger partial charge in [0.2, 0.25) is 0 Å². The molecule has 2 rings (SSSR count). The third-order valence-corrected chi connectivity index (χ3v) is 4.39. The Morgan fingerprint density at radius 2 is 2.12 bits per heavy atom. The number of nitriles is 1. The zero-order valence-corrected chi connectivity index (χ0v) is 15.1. The lowest BCUT2D eigenvalue weighted by Crippen LogP contribution is -2.20. The lowest BCUT2D eigenvalue weighted by atomic mass is 10.0. The van der Waals surface area contributed by atoms with Crippen LogP contribution in [0.25, 0.3) is 11.3 Å². The van der Waals surface area contributed by atoms with Crippen LogP contribution in [0.3, 0.4) is 0 Å². The van der Waals surface area contributed by atoms with Gasteiger partial charge in [-0.05, 0) is 31.8 Å². The van der Waals surface area contributed by atoms with Crippen molar-refractivity contribution in [2.45, 2.75) is 31.5 Å². The molecule has 5 nitrogen and oxygen atoms in total. The Balaban J connectivity index is 2.48. The van der Waals surface area contributed by atoms with Crippen molar-refractivity contribution in [3.05, 3.63) is 45.7 Å². The predicted molar refractivity (Wildman–Crippen MR) is 98.0 cm³/mol. The SMILES string of the molecule is CCCCN(C)Cc1ccccc1-c1nc(SC)[nH]c(=O)c1C#N. The Labute approximate surface area is 146 Å². The number of hydrogen-bond acceptors (Lipinski definition) is 5. The monoisotopic (exact) mass is 342 g/mol. The molecule has 0 spiro atoms. The molecule has 0 saturated carbocycles. The van der Waals surface area contributed by atoms with Crippen molar-refractivity contribution in [2.24, 2.45) is 0 Å². The Hall–Kier alpha value is -2.10. The molecule has 0 aliphatic rings. The highest BCUT2D eigenvalue weighted by molar-refractivity contribution is 7.98. The molecule has 0 bridgehead atoms. The van der Waals surface area contributed by atoms with E-state index in [2.05, 4.69) is 28.8 Å². The number of H-pyrrole nitrogens is 1. The first-order valence-corrected chi connectivity index (χ1v) is 9.18. The second-order valence-electron chi connectivity index (χ2n) is 5.66. The molecule has 1 aromatic heterocycles. The van der Waals surface area contributed by atoms with E-state index in [-0.39, 0.29) is 11.1 Å². The van der Waals surface area contributed by atoms with Gasteiger partial charge in [-0.1, -0.05) is 49.4 Å². The number of unbranched alkanes of at least 4 members (excludes halogenated alkanes) is 1. The Bertz CT molecular complexity index is 794. The fourth-order valence-electron chi connectivity index (χ4n) is 2.53. The number of hydrogen-bond donors (Lipinski definition) is 1. The molecule has 0 radical (unpaired) electrons. The average Bonchev–Trinajstić information content (AvgIpc) is 2.59. The van der Waals surface area contributed by atoms with Crippen LogP contribution < -0.4 is 5.56 Å². The fourth-order valence-corrected chi connectivity index (χ4v) is 2.91. The topological polar surface area (TPSA) is 72.8 Å². The summed E-state index contributed by atoms with van der Waals surface area (Å²) in [6.45, 7) is 3.93. The predicted octanol–water partition coefficient (Wildman–Crippen LogP) is 3.26. The minimum absolute atomic E-state index is 0.0662. The quantitative estimate of drug-likeness (QED) is 0.617. The molecule has 2 aromatic rings. The maximum atomic E-state index is 12.2. The van der Waals surface area contributed by atoms with Crippen LogP contribution in [0, 0.1) is 11.3 Å². The van der Waals surface area contributed by atoms with Crippen LogP contribution in [-0.4, -0.2) is 34.7 Å². The standard InChI is InChI=1S/C18H22N4OS/c1-4-5-10-22(2)12-13-8-6-7-9-14(13)16-15(11-19)17(23)21-18(20-16)24-3/h6-9H,4-5,10,12H2,1-3H3,(H,20,21,23). The summed E-state index contributed by atoms with van der Waals surface area (Å²) in [4.78, 5) is 21.5. The lowest BCUT2D eigenvalue weighted by Gasteiger charge is -2.18. The van der Waals surface area contributed by atoms with Gasteiger partial charge in [0, 0.05) is 12.1 Å². The van der Waals surface area contributed by atoms with Gasteiger partial charge in [0.25, 0.3) is 5.56 Å². The van der Waals surface area contributed by atoms with E-state index in [0.29, 0.717) is 10.9 Å². The van der Waals surface area contributed by atoms with Crippen LogP contribution in [0.15, 0.2) is 34.2 Å². The van der Waals surface area contributed by atoms with E-state index in [1.165, 1.54) is 11.8 Å². The molecule has 0 atom stereocenters. The number of aromatic amines is 1. The summed E-state index contributed by atoms with van der Waals surface area (Å²) in [5.41, 5.74) is 2.05. The zero-order valence-electron chi connectivity index (χ0n) is 14.3. The van der Waals surface area contributed by atoms with Gasteiger partial charge in [-0.25, -0.2) is 4.98 Å². The summed E-state index contributed by atoms with van der Waals surface area (Å²) in [5, 5.41) is 9.90. The van der Waals surface area contributed by atoms with Crippen molar-refractivity contribution in [1.29, 1.82) is 5.26 Å². The summed E-state index contributed by atoms with van der Waals surface area (Å²) in [5.74, 6) is 0. The number of nitrogens with one attached hydrogen (secondary N) is 1. The third-order valence-electron chi connectivity index (χ3n) is 3.81. The molecule has 0 aliphatic carbocycles. The number of thioether (sulfide) groups is 1. The molecule has 126 valence electrons. The average molecular weight is 342 g/mol. The first-order valence-electron chi connectivity index (χ1n) is 7.95. The second kappa shape index (κ2) is 8.67. The number of nitrogens with zero attached hydrogens (tertiary/aromatic N) is 3. The molecule has 1 heterocycles. The smallest absolute Gasteiger partial charge is 0.270 e. The van der Waals surface area contributed by atoms with Gasteiger partial charge < -0.3 is 9.88 Å². The van der Waals surface area contributed by atoms with Crippen LogP contribution in [0.4, 0.5) is 0 Å². The van der Waals surface area contributed by atoms with Gasteiger partial charge >= 0.3 is 0 Å². The highest BCUT2D eigenvalue weighted by atomic mass is 32.2. The first kappa shape index (κ1) is 18.2. The first-order chi connectivity index (χ1) is 11.6. The largest absolute Gasteiger partial charge is 0.302 e. The summed E-state index contributed by atoms with van der Waals surface area (Å²) >= 11 is 1.36. The van der Waals surface area contributed by atoms with Crippen LogP contribution in [-0.2, 0) is 6.54 Å². The minimum atomic E-state index is -0.388. The molecule has 0 amide bonds. The van der Waals surface area contributed by atoms with Crippen molar-refractivity contribution >= 4 is 11.8 Å². The summed E-state index contributed by atoms with van der Waals surface area (Å²) in [6, 6.07) is 9.84. The van der Waals surface area contributed by atoms with Gasteiger partial charge in [-0.2, -0.15) is 5.26 Å². The summed E-state index contributed by atoms with van der Waals surface area (Å²) < 4.78 is 0. The molecule has 1 N–H and O–H groups in total. The Morgan fingerprint density at radius 3 is 2.79 bits per heavy atom. The van der Waals surface area contributed by atoms with Gasteiger partial charge in [0.15, 0.2) is 5.16 Å². The maximum absolute atomic E-state index is 12.2. The van der Waals surface area contributed by atoms with Crippen molar-refractivity contribution in [1.82, 2.24) is 14.9 Å². The van der Waals surface area contributed by atoms with Crippen molar-refractivity contribution in [3.8, 4) is 17.3 Å². The molecule has 1 aromatic carbocycles. The van der Waals surface area contributed by atoms with Crippen LogP contribution in [0.2, 0.25) is 0 Å². The lowest BCUT2D eigenvalue weighted by molar-refractivity contribution is 0.321. The third kappa shape index (κ3) is 4.25. The maximum Gasteiger partial charge on any atom is 0.270 e. The van der Waals surface area contributed by atoms with Gasteiger partial charge in [0.1, 0.15) is 11.6 Å². The van der Waals surface area contributed by atoms with E-state index >= 15 is 0 Å². The molecule has 24 heavy (non-hydrogen) atoms. The normalized spacial score (nSPS) is 10.8. The molecule has 0 aliphatic heterocycles. The van der Waals surface area contributed by atoms with E-state index in [1.54, 1.807) is 0 Å². The highest BCUT2D eigenvalue weighted by Crippen LogP contribution is 2.25. The van der Waals surface area contributed by atoms with Crippen molar-refractivity contribution in [3.63, 3.8) is 0 Å². The van der Waals surface area contributed by atoms with E-state index in [9.17, 15) is 10.1 Å². The minimum Gasteiger partial charge on any atom is -0.302 e. The van der Waals surface area contributed by atoms with Crippen LogP contribution in [0.1, 0.15) is 30.9 Å². The number of aromatic nitrogens is 2. The van der Waals surface area contributed by atoms with Crippen molar-refractivity contribution in [2.75, 3.05) is 19.8 Å². The molecular weight excluding hydrogens is 320 g/mol. The van der Waals surface area contributed by atoms with Gasteiger partial charge in [0.05, 0.1) is 5.69 Å². The highest BCUT2D eigenvalue weighted by Gasteiger charge is 2.16. The second-order valence-corrected chi connectivity index (χ2v) is 6.45. The van der Waals surface area contributed by atoms with E-state index in [4.69, 9.17) is 0 Å².